The number of rotatable bonds is 6. The fourth-order valence-electron chi connectivity index (χ4n) is 4.36. The first-order chi connectivity index (χ1) is 19.9. The number of carbonyl (C=O) groups excluding carboxylic acids is 1. The van der Waals surface area contributed by atoms with Crippen LogP contribution in [0.5, 0.6) is 0 Å². The Morgan fingerprint density at radius 3 is 0.524 bits per heavy atom. The van der Waals surface area contributed by atoms with E-state index in [0.29, 0.717) is 0 Å². The molecule has 0 bridgehead atoms. The molecule has 0 unspecified atom stereocenters. The smallest absolute Gasteiger partial charge is 0 e. The van der Waals surface area contributed by atoms with Gasteiger partial charge in [-0.05, 0) is 47.7 Å². The van der Waals surface area contributed by atoms with E-state index in [2.05, 4.69) is 189 Å². The van der Waals surface area contributed by atoms with Crippen molar-refractivity contribution in [2.75, 3.05) is 0 Å². The third kappa shape index (κ3) is 9.96. The van der Waals surface area contributed by atoms with Crippen LogP contribution in [0.2, 0.25) is 0 Å². The van der Waals surface area contributed by atoms with E-state index in [-0.39, 0.29) is 32.5 Å². The van der Waals surface area contributed by atoms with Crippen LogP contribution in [0.1, 0.15) is 0 Å². The number of benzene rings is 6. The first-order valence-corrected chi connectivity index (χ1v) is 15.7. The summed E-state index contributed by atoms with van der Waals surface area (Å²) in [6, 6.07) is 64.7. The Bertz CT molecular complexity index is 1200. The molecule has 6 aromatic carbocycles. The normalized spacial score (nSPS) is 9.67. The zero-order valence-corrected chi connectivity index (χ0v) is 27.9. The van der Waals surface area contributed by atoms with Gasteiger partial charge < -0.3 is 17.2 Å². The first kappa shape index (κ1) is 35.0. The maximum atomic E-state index is 7.75. The fourth-order valence-corrected chi connectivity index (χ4v) is 8.97. The Morgan fingerprint density at radius 2 is 0.405 bits per heavy atom. The molecule has 0 heterocycles. The predicted octanol–water partition coefficient (Wildman–Crippen LogP) is 3.62. The Balaban J connectivity index is 0.000000265. The molecule has 0 spiro atoms. The quantitative estimate of drug-likeness (QED) is 0.144. The molecule has 6 aromatic rings. The summed E-state index contributed by atoms with van der Waals surface area (Å²) >= 11 is 0. The van der Waals surface area contributed by atoms with E-state index < -0.39 is 15.8 Å². The molecule has 0 fully saturated rings. The summed E-state index contributed by atoms with van der Waals surface area (Å²) in [5.41, 5.74) is 0. The van der Waals surface area contributed by atoms with Crippen LogP contribution < -0.4 is 44.2 Å². The van der Waals surface area contributed by atoms with Gasteiger partial charge in [-0.3, -0.25) is 6.79 Å². The molecule has 0 atom stereocenters. The average Bonchev–Trinajstić information content (AvgIpc) is 3.06. The molecule has 1 radical (unpaired) electrons. The molecule has 0 aliphatic heterocycles. The van der Waals surface area contributed by atoms with Crippen molar-refractivity contribution >= 4 is 54.5 Å². The van der Waals surface area contributed by atoms with Gasteiger partial charge in [-0.15, -0.1) is 0 Å². The van der Waals surface area contributed by atoms with Gasteiger partial charge in [-0.2, -0.15) is 0 Å². The third-order valence-corrected chi connectivity index (χ3v) is 11.0. The molecule has 213 valence electrons. The van der Waals surface area contributed by atoms with Gasteiger partial charge >= 0.3 is 0 Å². The molecule has 5 heteroatoms. The van der Waals surface area contributed by atoms with Crippen LogP contribution in [0.25, 0.3) is 0 Å². The minimum absolute atomic E-state index is 0. The van der Waals surface area contributed by atoms with E-state index in [1.807, 2.05) is 0 Å². The van der Waals surface area contributed by atoms with Gasteiger partial charge in [0.25, 0.3) is 0 Å². The van der Waals surface area contributed by atoms with Crippen LogP contribution >= 0.6 is 15.8 Å². The Kier molecular flexibility index (Phi) is 16.5. The van der Waals surface area contributed by atoms with Crippen LogP contribution in [-0.2, 0) is 24.9 Å². The van der Waals surface area contributed by atoms with Crippen LogP contribution in [0.15, 0.2) is 182 Å². The predicted molar refractivity (Wildman–Crippen MR) is 177 cm³/mol. The van der Waals surface area contributed by atoms with Crippen molar-refractivity contribution in [2.45, 2.75) is 0 Å². The van der Waals surface area contributed by atoms with Gasteiger partial charge in [0.2, 0.25) is 0 Å². The van der Waals surface area contributed by atoms with E-state index in [1.165, 1.54) is 31.8 Å². The van der Waals surface area contributed by atoms with Crippen molar-refractivity contribution in [1.29, 1.82) is 0 Å². The Hall–Kier alpha value is -3.21. The summed E-state index contributed by atoms with van der Waals surface area (Å²) in [5.74, 6) is 0. The molecule has 42 heavy (non-hydrogen) atoms. The average molecular weight is 781 g/mol. The molecule has 0 saturated heterocycles. The molecular weight excluding hydrogens is 750 g/mol. The van der Waals surface area contributed by atoms with E-state index in [9.17, 15) is 0 Å². The van der Waals surface area contributed by atoms with Gasteiger partial charge in [0.15, 0.2) is 0 Å². The second-order valence-corrected chi connectivity index (χ2v) is 13.1. The largest absolute Gasteiger partial charge is 1.00 e. The second kappa shape index (κ2) is 19.8. The Labute approximate surface area is 272 Å². The van der Waals surface area contributed by atoms with Gasteiger partial charge in [0.1, 0.15) is 0 Å². The van der Waals surface area contributed by atoms with Gasteiger partial charge in [-0.1, -0.05) is 182 Å². The molecule has 0 aromatic heterocycles. The summed E-state index contributed by atoms with van der Waals surface area (Å²) in [7, 11) is -0.892. The first-order valence-electron chi connectivity index (χ1n) is 13.0. The molecule has 1 nitrogen and oxygen atoms in total. The maximum absolute atomic E-state index is 7.75. The second-order valence-electron chi connectivity index (χ2n) is 8.68. The molecular formula is C37H31ClIrOP2-2. The SMILES string of the molecule is [CH-]=O.[Cl-].[Ir].c1ccc(P(c2ccccc2)c2ccccc2)cc1.c1ccc(P(c2ccccc2)c2ccccc2)cc1. The van der Waals surface area contributed by atoms with Gasteiger partial charge in [0.05, 0.1) is 0 Å². The maximum Gasteiger partial charge on any atom is 0 e. The van der Waals surface area contributed by atoms with E-state index in [1.54, 1.807) is 0 Å². The summed E-state index contributed by atoms with van der Waals surface area (Å²) in [5, 5.41) is 8.39. The Morgan fingerprint density at radius 1 is 0.286 bits per heavy atom. The molecule has 0 aliphatic carbocycles. The van der Waals surface area contributed by atoms with E-state index in [4.69, 9.17) is 4.79 Å². The number of hydrogen-bond donors (Lipinski definition) is 0. The molecule has 0 amide bonds. The fraction of sp³-hybridized carbons (Fsp3) is 0. The van der Waals surface area contributed by atoms with Crippen molar-refractivity contribution < 1.29 is 37.3 Å². The minimum Gasteiger partial charge on any atom is -1.00 e. The van der Waals surface area contributed by atoms with Gasteiger partial charge in [0, 0.05) is 20.1 Å². The van der Waals surface area contributed by atoms with Crippen molar-refractivity contribution in [3.05, 3.63) is 182 Å². The monoisotopic (exact) mass is 781 g/mol. The van der Waals surface area contributed by atoms with E-state index >= 15 is 0 Å². The summed E-state index contributed by atoms with van der Waals surface area (Å²) in [4.78, 5) is 7.75. The van der Waals surface area contributed by atoms with Crippen LogP contribution in [0.4, 0.5) is 0 Å². The van der Waals surface area contributed by atoms with Crippen molar-refractivity contribution in [1.82, 2.24) is 0 Å². The zero-order chi connectivity index (χ0) is 27.8. The summed E-state index contributed by atoms with van der Waals surface area (Å²) < 4.78 is 0. The van der Waals surface area contributed by atoms with Crippen molar-refractivity contribution in [3.63, 3.8) is 0 Å². The molecule has 0 aliphatic rings. The van der Waals surface area contributed by atoms with Crippen molar-refractivity contribution in [3.8, 4) is 0 Å². The van der Waals surface area contributed by atoms with Crippen molar-refractivity contribution in [2.24, 2.45) is 0 Å². The zero-order valence-electron chi connectivity index (χ0n) is 22.9. The summed E-state index contributed by atoms with van der Waals surface area (Å²) in [6.45, 7) is 3.25. The van der Waals surface area contributed by atoms with Gasteiger partial charge in [-0.25, -0.2) is 0 Å². The number of hydrogen-bond acceptors (Lipinski definition) is 1. The van der Waals surface area contributed by atoms with Crippen LogP contribution in [0, 0.1) is 0 Å². The van der Waals surface area contributed by atoms with Crippen LogP contribution in [0.3, 0.4) is 0 Å². The number of halogens is 1. The molecule has 6 rings (SSSR count). The minimum atomic E-state index is -0.446. The molecule has 0 N–H and O–H groups in total. The summed E-state index contributed by atoms with van der Waals surface area (Å²) in [6.07, 6.45) is 0. The third-order valence-electron chi connectivity index (χ3n) is 6.09. The van der Waals surface area contributed by atoms with E-state index in [0.717, 1.165) is 0 Å². The standard InChI is InChI=1S/2C18H15P.CHO.ClH.Ir/c2*1-4-10-16(11-5-1)19(17-12-6-2-7-13-17)18-14-8-3-9-15-18;1-2;;/h2*1-15H;1H;1H;/q;;-1;;/p-1. The molecule has 0 saturated carbocycles. The van der Waals surface area contributed by atoms with Crippen LogP contribution in [-0.4, -0.2) is 6.79 Å². The topological polar surface area (TPSA) is 17.1 Å².